The second-order valence-electron chi connectivity index (χ2n) is 3.56. The third-order valence-corrected chi connectivity index (χ3v) is 2.35. The van der Waals surface area contributed by atoms with E-state index in [2.05, 4.69) is 10.3 Å². The lowest BCUT2D eigenvalue weighted by molar-refractivity contribution is -0.136. The van der Waals surface area contributed by atoms with Crippen molar-refractivity contribution >= 4 is 5.97 Å². The molecule has 1 rings (SSSR count). The number of aromatic nitrogens is 3. The van der Waals surface area contributed by atoms with Crippen LogP contribution < -0.4 is 0 Å². The Bertz CT molecular complexity index is 349. The van der Waals surface area contributed by atoms with Gasteiger partial charge in [0.1, 0.15) is 0 Å². The first kappa shape index (κ1) is 12.6. The smallest absolute Gasteiger partial charge is 0.309 e. The van der Waals surface area contributed by atoms with Crippen LogP contribution in [0.2, 0.25) is 0 Å². The Morgan fingerprint density at radius 2 is 2.19 bits per heavy atom. The molecule has 0 aliphatic rings. The van der Waals surface area contributed by atoms with Crippen LogP contribution in [-0.2, 0) is 24.2 Å². The zero-order valence-electron chi connectivity index (χ0n) is 9.39. The van der Waals surface area contributed by atoms with Crippen LogP contribution in [0.3, 0.4) is 0 Å². The van der Waals surface area contributed by atoms with Gasteiger partial charge in [-0.05, 0) is 19.3 Å². The molecule has 0 aromatic carbocycles. The minimum Gasteiger partial charge on any atom is -0.481 e. The molecule has 0 bridgehead atoms. The molecule has 0 amide bonds. The third kappa shape index (κ3) is 3.30. The maximum Gasteiger partial charge on any atom is 0.309 e. The van der Waals surface area contributed by atoms with Gasteiger partial charge in [-0.2, -0.15) is 0 Å². The number of aliphatic hydroxyl groups excluding tert-OH is 1. The van der Waals surface area contributed by atoms with E-state index in [0.717, 1.165) is 25.0 Å². The number of nitrogens with zero attached hydrogens (tertiary/aromatic N) is 3. The van der Waals surface area contributed by atoms with E-state index < -0.39 is 5.97 Å². The summed E-state index contributed by atoms with van der Waals surface area (Å²) in [6.45, 7) is 2.79. The van der Waals surface area contributed by atoms with Crippen molar-refractivity contribution in [2.45, 2.75) is 39.2 Å². The molecule has 0 atom stereocenters. The van der Waals surface area contributed by atoms with Crippen LogP contribution >= 0.6 is 0 Å². The number of aliphatic hydroxyl groups is 1. The van der Waals surface area contributed by atoms with E-state index in [1.54, 1.807) is 4.68 Å². The van der Waals surface area contributed by atoms with Gasteiger partial charge < -0.3 is 10.2 Å². The van der Waals surface area contributed by atoms with E-state index in [1.807, 2.05) is 6.92 Å². The molecule has 1 aromatic rings. The summed E-state index contributed by atoms with van der Waals surface area (Å²) < 4.78 is 1.73. The summed E-state index contributed by atoms with van der Waals surface area (Å²) >= 11 is 0. The lowest BCUT2D eigenvalue weighted by Gasteiger charge is -2.04. The van der Waals surface area contributed by atoms with Crippen LogP contribution in [0.1, 0.15) is 31.2 Å². The van der Waals surface area contributed by atoms with Crippen molar-refractivity contribution in [1.29, 1.82) is 0 Å². The average molecular weight is 227 g/mol. The molecule has 0 unspecified atom stereocenters. The lowest BCUT2D eigenvalue weighted by Crippen LogP contribution is -2.08. The fourth-order valence-electron chi connectivity index (χ4n) is 1.59. The number of hydrogen-bond acceptors (Lipinski definition) is 4. The van der Waals surface area contributed by atoms with Gasteiger partial charge in [0.2, 0.25) is 0 Å². The van der Waals surface area contributed by atoms with E-state index in [1.165, 1.54) is 0 Å². The molecule has 1 aromatic heterocycles. The summed E-state index contributed by atoms with van der Waals surface area (Å²) in [4.78, 5) is 10.6. The molecule has 0 radical (unpaired) electrons. The third-order valence-electron chi connectivity index (χ3n) is 2.35. The molecule has 0 fully saturated rings. The van der Waals surface area contributed by atoms with Crippen molar-refractivity contribution in [1.82, 2.24) is 15.0 Å². The first-order valence-electron chi connectivity index (χ1n) is 5.43. The van der Waals surface area contributed by atoms with Crippen molar-refractivity contribution in [2.24, 2.45) is 0 Å². The highest BCUT2D eigenvalue weighted by molar-refractivity contribution is 5.69. The lowest BCUT2D eigenvalue weighted by atomic mass is 10.2. The highest BCUT2D eigenvalue weighted by atomic mass is 16.4. The largest absolute Gasteiger partial charge is 0.481 e. The van der Waals surface area contributed by atoms with Gasteiger partial charge in [0, 0.05) is 13.2 Å². The number of rotatable bonds is 7. The summed E-state index contributed by atoms with van der Waals surface area (Å²) in [5.74, 6) is -0.892. The van der Waals surface area contributed by atoms with Gasteiger partial charge in [-0.15, -0.1) is 5.10 Å². The van der Waals surface area contributed by atoms with E-state index in [4.69, 9.17) is 10.2 Å². The minimum atomic E-state index is -0.892. The Hall–Kier alpha value is -1.43. The van der Waals surface area contributed by atoms with E-state index in [-0.39, 0.29) is 13.0 Å². The second-order valence-corrected chi connectivity index (χ2v) is 3.56. The first-order valence-corrected chi connectivity index (χ1v) is 5.43. The van der Waals surface area contributed by atoms with Crippen LogP contribution in [-0.4, -0.2) is 37.8 Å². The molecule has 0 saturated heterocycles. The first-order chi connectivity index (χ1) is 7.69. The molecule has 2 N–H and O–H groups in total. The summed E-state index contributed by atoms with van der Waals surface area (Å²) in [5, 5.41) is 25.2. The zero-order valence-corrected chi connectivity index (χ0v) is 9.39. The number of aryl methyl sites for hydroxylation is 1. The normalized spacial score (nSPS) is 10.6. The number of carbonyl (C=O) groups is 1. The fourth-order valence-corrected chi connectivity index (χ4v) is 1.59. The summed E-state index contributed by atoms with van der Waals surface area (Å²) in [5.41, 5.74) is 1.42. The minimum absolute atomic E-state index is 0.0802. The predicted molar refractivity (Wildman–Crippen MR) is 57.1 cm³/mol. The Morgan fingerprint density at radius 3 is 2.75 bits per heavy atom. The van der Waals surface area contributed by atoms with Gasteiger partial charge in [0.25, 0.3) is 0 Å². The Morgan fingerprint density at radius 1 is 1.44 bits per heavy atom. The second kappa shape index (κ2) is 6.22. The predicted octanol–water partition coefficient (Wildman–Crippen LogP) is 0.240. The Labute approximate surface area is 93.9 Å². The monoisotopic (exact) mass is 227 g/mol. The van der Waals surface area contributed by atoms with Gasteiger partial charge in [0.05, 0.1) is 17.8 Å². The number of aliphatic carboxylic acids is 1. The molecule has 0 saturated carbocycles. The standard InChI is InChI=1S/C10H17N3O3/c1-2-9-8(7-10(15)16)11-12-13(9)5-3-4-6-14/h14H,2-7H2,1H3,(H,15,16). The van der Waals surface area contributed by atoms with Crippen LogP contribution in [0.4, 0.5) is 0 Å². The fraction of sp³-hybridized carbons (Fsp3) is 0.700. The topological polar surface area (TPSA) is 88.2 Å². The van der Waals surface area contributed by atoms with Gasteiger partial charge in [0.15, 0.2) is 0 Å². The SMILES string of the molecule is CCc1c(CC(=O)O)nnn1CCCCO. The van der Waals surface area contributed by atoms with Crippen molar-refractivity contribution < 1.29 is 15.0 Å². The molecule has 16 heavy (non-hydrogen) atoms. The van der Waals surface area contributed by atoms with Crippen molar-refractivity contribution in [3.05, 3.63) is 11.4 Å². The number of carboxylic acids is 1. The molecule has 0 aliphatic heterocycles. The molecule has 0 spiro atoms. The molecular formula is C10H17N3O3. The quantitative estimate of drug-likeness (QED) is 0.651. The molecule has 6 nitrogen and oxygen atoms in total. The van der Waals surface area contributed by atoms with Gasteiger partial charge in [-0.3, -0.25) is 4.79 Å². The van der Waals surface area contributed by atoms with Crippen molar-refractivity contribution in [3.8, 4) is 0 Å². The van der Waals surface area contributed by atoms with Gasteiger partial charge in [-0.1, -0.05) is 12.1 Å². The molecule has 0 aliphatic carbocycles. The van der Waals surface area contributed by atoms with Crippen LogP contribution in [0.25, 0.3) is 0 Å². The highest BCUT2D eigenvalue weighted by Crippen LogP contribution is 2.08. The number of carboxylic acid groups (broad SMARTS) is 1. The number of hydrogen-bond donors (Lipinski definition) is 2. The van der Waals surface area contributed by atoms with Crippen molar-refractivity contribution in [2.75, 3.05) is 6.61 Å². The number of unbranched alkanes of at least 4 members (excludes halogenated alkanes) is 1. The zero-order chi connectivity index (χ0) is 12.0. The van der Waals surface area contributed by atoms with E-state index in [0.29, 0.717) is 12.2 Å². The Kier molecular flexibility index (Phi) is 4.91. The van der Waals surface area contributed by atoms with E-state index >= 15 is 0 Å². The Balaban J connectivity index is 2.69. The maximum atomic E-state index is 10.6. The molecule has 1 heterocycles. The van der Waals surface area contributed by atoms with Gasteiger partial charge in [-0.25, -0.2) is 4.68 Å². The van der Waals surface area contributed by atoms with Gasteiger partial charge >= 0.3 is 5.97 Å². The maximum absolute atomic E-state index is 10.6. The van der Waals surface area contributed by atoms with Crippen LogP contribution in [0, 0.1) is 0 Å². The average Bonchev–Trinajstić information content (AvgIpc) is 2.60. The molecule has 6 heteroatoms. The highest BCUT2D eigenvalue weighted by Gasteiger charge is 2.13. The summed E-state index contributed by atoms with van der Waals surface area (Å²) in [7, 11) is 0. The van der Waals surface area contributed by atoms with Crippen molar-refractivity contribution in [3.63, 3.8) is 0 Å². The molecule has 90 valence electrons. The van der Waals surface area contributed by atoms with Crippen LogP contribution in [0.5, 0.6) is 0 Å². The van der Waals surface area contributed by atoms with E-state index in [9.17, 15) is 4.79 Å². The van der Waals surface area contributed by atoms with Crippen LogP contribution in [0.15, 0.2) is 0 Å². The molecular weight excluding hydrogens is 210 g/mol. The summed E-state index contributed by atoms with van der Waals surface area (Å²) in [6.07, 6.45) is 2.18. The summed E-state index contributed by atoms with van der Waals surface area (Å²) in [6, 6.07) is 0.